The fraction of sp³-hybridized carbons (Fsp3) is 0.250. The second kappa shape index (κ2) is 2.94. The highest BCUT2D eigenvalue weighted by Gasteiger charge is 2.23. The molecule has 13 heavy (non-hydrogen) atoms. The SMILES string of the molecule is CN1CC=C2C=CN(B(O)O)C=C21. The molecular formula is C8H11BN2O2. The molecule has 68 valence electrons. The van der Waals surface area contributed by atoms with Crippen LogP contribution < -0.4 is 0 Å². The number of fused-ring (bicyclic) bond motifs is 1. The van der Waals surface area contributed by atoms with Crippen LogP contribution in [0.15, 0.2) is 35.8 Å². The van der Waals surface area contributed by atoms with E-state index in [2.05, 4.69) is 6.08 Å². The number of likely N-dealkylation sites (N-methyl/N-ethyl adjacent to an activating group) is 1. The first kappa shape index (κ1) is 8.41. The maximum absolute atomic E-state index is 8.93. The zero-order chi connectivity index (χ0) is 9.42. The zero-order valence-corrected chi connectivity index (χ0v) is 7.38. The van der Waals surface area contributed by atoms with E-state index in [1.807, 2.05) is 18.0 Å². The van der Waals surface area contributed by atoms with Gasteiger partial charge in [0.2, 0.25) is 0 Å². The highest BCUT2D eigenvalue weighted by atomic mass is 16.4. The Balaban J connectivity index is 2.26. The minimum absolute atomic E-state index is 0.876. The molecule has 2 rings (SSSR count). The van der Waals surface area contributed by atoms with Gasteiger partial charge in [-0.3, -0.25) is 0 Å². The highest BCUT2D eigenvalue weighted by molar-refractivity contribution is 6.38. The molecule has 0 unspecified atom stereocenters. The molecule has 0 atom stereocenters. The van der Waals surface area contributed by atoms with E-state index in [9.17, 15) is 0 Å². The van der Waals surface area contributed by atoms with Crippen LogP contribution in [0.3, 0.4) is 0 Å². The van der Waals surface area contributed by atoms with Crippen molar-refractivity contribution in [1.82, 2.24) is 9.71 Å². The molecule has 0 saturated carbocycles. The summed E-state index contributed by atoms with van der Waals surface area (Å²) in [5.41, 5.74) is 2.16. The second-order valence-electron chi connectivity index (χ2n) is 3.16. The quantitative estimate of drug-likeness (QED) is 0.531. The van der Waals surface area contributed by atoms with Gasteiger partial charge in [-0.25, -0.2) is 0 Å². The summed E-state index contributed by atoms with van der Waals surface area (Å²) in [5.74, 6) is 0. The molecule has 0 aliphatic carbocycles. The molecule has 0 bridgehead atoms. The summed E-state index contributed by atoms with van der Waals surface area (Å²) in [4.78, 5) is 3.41. The number of hydrogen-bond donors (Lipinski definition) is 2. The standard InChI is InChI=1S/C8H11BN2O2/c1-10-4-2-7-3-5-11(9(12)13)6-8(7)10/h2-3,5-6,12-13H,4H2,1H3. The lowest BCUT2D eigenvalue weighted by Gasteiger charge is -2.23. The second-order valence-corrected chi connectivity index (χ2v) is 3.16. The van der Waals surface area contributed by atoms with Crippen molar-refractivity contribution in [2.45, 2.75) is 0 Å². The van der Waals surface area contributed by atoms with Crippen LogP contribution in [0.4, 0.5) is 0 Å². The molecule has 4 nitrogen and oxygen atoms in total. The molecule has 0 spiro atoms. The number of allylic oxidation sites excluding steroid dienone is 1. The van der Waals surface area contributed by atoms with Crippen LogP contribution in [0.1, 0.15) is 0 Å². The third-order valence-corrected chi connectivity index (χ3v) is 2.26. The molecule has 0 aromatic heterocycles. The van der Waals surface area contributed by atoms with Crippen molar-refractivity contribution in [1.29, 1.82) is 0 Å². The van der Waals surface area contributed by atoms with Gasteiger partial charge in [-0.1, -0.05) is 6.08 Å². The third kappa shape index (κ3) is 1.36. The van der Waals surface area contributed by atoms with E-state index in [0.29, 0.717) is 0 Å². The van der Waals surface area contributed by atoms with Gasteiger partial charge in [0.05, 0.1) is 5.70 Å². The molecule has 0 amide bonds. The van der Waals surface area contributed by atoms with Gasteiger partial charge in [-0.05, 0) is 17.8 Å². The maximum atomic E-state index is 8.93. The Morgan fingerprint density at radius 3 is 2.92 bits per heavy atom. The Labute approximate surface area is 77.2 Å². The van der Waals surface area contributed by atoms with Crippen LogP contribution in [0, 0.1) is 0 Å². The van der Waals surface area contributed by atoms with E-state index >= 15 is 0 Å². The largest absolute Gasteiger partial charge is 0.591 e. The zero-order valence-electron chi connectivity index (χ0n) is 7.38. The van der Waals surface area contributed by atoms with Crippen LogP contribution in [0.2, 0.25) is 0 Å². The number of hydrogen-bond acceptors (Lipinski definition) is 4. The van der Waals surface area contributed by atoms with E-state index in [1.54, 1.807) is 12.4 Å². The smallest absolute Gasteiger partial charge is 0.407 e. The van der Waals surface area contributed by atoms with Gasteiger partial charge in [-0.15, -0.1) is 0 Å². The summed E-state index contributed by atoms with van der Waals surface area (Å²) in [6.45, 7) is 0.876. The lowest BCUT2D eigenvalue weighted by molar-refractivity contribution is 0.343. The predicted octanol–water partition coefficient (Wildman–Crippen LogP) is -0.502. The van der Waals surface area contributed by atoms with Gasteiger partial charge in [0, 0.05) is 19.8 Å². The summed E-state index contributed by atoms with van der Waals surface area (Å²) >= 11 is 0. The number of rotatable bonds is 1. The highest BCUT2D eigenvalue weighted by Crippen LogP contribution is 2.25. The van der Waals surface area contributed by atoms with Gasteiger partial charge in [-0.2, -0.15) is 0 Å². The van der Waals surface area contributed by atoms with E-state index in [1.165, 1.54) is 4.81 Å². The average molecular weight is 178 g/mol. The molecule has 2 aliphatic rings. The minimum Gasteiger partial charge on any atom is -0.407 e. The summed E-state index contributed by atoms with van der Waals surface area (Å²) in [6.07, 6.45) is 7.35. The van der Waals surface area contributed by atoms with Gasteiger partial charge < -0.3 is 19.8 Å². The van der Waals surface area contributed by atoms with Crippen molar-refractivity contribution >= 4 is 7.25 Å². The third-order valence-electron chi connectivity index (χ3n) is 2.26. The monoisotopic (exact) mass is 178 g/mol. The summed E-state index contributed by atoms with van der Waals surface area (Å²) < 4.78 is 0. The predicted molar refractivity (Wildman–Crippen MR) is 50.0 cm³/mol. The van der Waals surface area contributed by atoms with Gasteiger partial charge in [0.1, 0.15) is 0 Å². The molecule has 5 heteroatoms. The van der Waals surface area contributed by atoms with Crippen LogP contribution in [-0.2, 0) is 0 Å². The van der Waals surface area contributed by atoms with Crippen molar-refractivity contribution in [3.05, 3.63) is 35.8 Å². The normalized spacial score (nSPS) is 19.9. The van der Waals surface area contributed by atoms with Crippen molar-refractivity contribution in [3.63, 3.8) is 0 Å². The van der Waals surface area contributed by atoms with Crippen molar-refractivity contribution < 1.29 is 10.0 Å². The van der Waals surface area contributed by atoms with Crippen molar-refractivity contribution in [2.75, 3.05) is 13.6 Å². The fourth-order valence-corrected chi connectivity index (χ4v) is 1.48. The van der Waals surface area contributed by atoms with Crippen LogP contribution in [0.25, 0.3) is 0 Å². The van der Waals surface area contributed by atoms with Crippen molar-refractivity contribution in [2.24, 2.45) is 0 Å². The molecule has 0 radical (unpaired) electrons. The van der Waals surface area contributed by atoms with Gasteiger partial charge in [0.25, 0.3) is 0 Å². The Kier molecular flexibility index (Phi) is 1.90. The Morgan fingerprint density at radius 2 is 2.23 bits per heavy atom. The van der Waals surface area contributed by atoms with Crippen molar-refractivity contribution in [3.8, 4) is 0 Å². The Morgan fingerprint density at radius 1 is 1.46 bits per heavy atom. The summed E-state index contributed by atoms with van der Waals surface area (Å²) in [6, 6.07) is 0. The summed E-state index contributed by atoms with van der Waals surface area (Å²) in [7, 11) is 0.510. The fourth-order valence-electron chi connectivity index (χ4n) is 1.48. The Hall–Kier alpha value is -1.20. The topological polar surface area (TPSA) is 46.9 Å². The maximum Gasteiger partial charge on any atom is 0.591 e. The first-order valence-corrected chi connectivity index (χ1v) is 4.14. The summed E-state index contributed by atoms with van der Waals surface area (Å²) in [5, 5.41) is 17.9. The van der Waals surface area contributed by atoms with Crippen LogP contribution in [0.5, 0.6) is 0 Å². The molecular weight excluding hydrogens is 167 g/mol. The average Bonchev–Trinajstić information content (AvgIpc) is 2.47. The van der Waals surface area contributed by atoms with E-state index in [-0.39, 0.29) is 0 Å². The minimum atomic E-state index is -1.46. The lowest BCUT2D eigenvalue weighted by Crippen LogP contribution is -2.33. The molecule has 0 aromatic rings. The first-order valence-electron chi connectivity index (χ1n) is 4.14. The van der Waals surface area contributed by atoms with Gasteiger partial charge >= 0.3 is 7.25 Å². The van der Waals surface area contributed by atoms with E-state index in [4.69, 9.17) is 10.0 Å². The molecule has 2 heterocycles. The van der Waals surface area contributed by atoms with E-state index < -0.39 is 7.25 Å². The molecule has 2 aliphatic heterocycles. The van der Waals surface area contributed by atoms with E-state index in [0.717, 1.165) is 17.8 Å². The molecule has 0 saturated heterocycles. The molecule has 2 N–H and O–H groups in total. The molecule has 0 aromatic carbocycles. The Bertz CT molecular complexity index is 309. The molecule has 0 fully saturated rings. The lowest BCUT2D eigenvalue weighted by atomic mass is 10.0. The van der Waals surface area contributed by atoms with Crippen LogP contribution >= 0.6 is 0 Å². The van der Waals surface area contributed by atoms with Gasteiger partial charge in [0.15, 0.2) is 0 Å². The first-order chi connectivity index (χ1) is 6.18. The van der Waals surface area contributed by atoms with Crippen LogP contribution in [-0.4, -0.2) is 40.6 Å². The number of nitrogens with zero attached hydrogens (tertiary/aromatic N) is 2.